The molecule has 3 rings (SSSR count). The Kier molecular flexibility index (Phi) is 5.79. The normalized spacial score (nSPS) is 11.5. The molecule has 0 unspecified atom stereocenters. The van der Waals surface area contributed by atoms with E-state index in [9.17, 15) is 4.79 Å². The standard InChI is InChI=1S/C19H21N5O.ClH/c1-13-8-5-6-11-16(13)17-18(19(25)23-21-17)22-20-14-9-7-10-15(12-14)24(2,3)4;/h5-12H,1-4H3,(H-,20,21,22,23,25);1H. The van der Waals surface area contributed by atoms with Gasteiger partial charge in [-0.15, -0.1) is 5.11 Å². The lowest BCUT2D eigenvalue weighted by Gasteiger charge is -2.23. The molecule has 1 aromatic heterocycles. The van der Waals surface area contributed by atoms with Gasteiger partial charge in [0.15, 0.2) is 5.69 Å². The van der Waals surface area contributed by atoms with Crippen LogP contribution in [-0.4, -0.2) is 31.3 Å². The number of H-pyrrole nitrogens is 2. The zero-order chi connectivity index (χ0) is 18.0. The first-order valence-electron chi connectivity index (χ1n) is 8.07. The van der Waals surface area contributed by atoms with Crippen molar-refractivity contribution < 1.29 is 12.4 Å². The Balaban J connectivity index is 0.00000243. The predicted octanol–water partition coefficient (Wildman–Crippen LogP) is 1.29. The van der Waals surface area contributed by atoms with Crippen molar-refractivity contribution in [3.8, 4) is 11.3 Å². The van der Waals surface area contributed by atoms with E-state index in [2.05, 4.69) is 41.6 Å². The molecule has 3 aromatic rings. The molecule has 0 amide bonds. The van der Waals surface area contributed by atoms with Crippen LogP contribution in [0.3, 0.4) is 0 Å². The minimum absolute atomic E-state index is 0. The molecule has 6 nitrogen and oxygen atoms in total. The van der Waals surface area contributed by atoms with Crippen LogP contribution >= 0.6 is 0 Å². The molecule has 26 heavy (non-hydrogen) atoms. The van der Waals surface area contributed by atoms with E-state index in [0.717, 1.165) is 16.8 Å². The van der Waals surface area contributed by atoms with E-state index >= 15 is 0 Å². The van der Waals surface area contributed by atoms with Crippen molar-refractivity contribution in [3.63, 3.8) is 0 Å². The van der Waals surface area contributed by atoms with Gasteiger partial charge >= 0.3 is 0 Å². The van der Waals surface area contributed by atoms with Crippen LogP contribution < -0.4 is 22.4 Å². The van der Waals surface area contributed by atoms with Gasteiger partial charge in [-0.1, -0.05) is 30.3 Å². The SMILES string of the molecule is Cc1ccccc1-c1[nH][nH]c(=O)c1/N=N/c1cccc([N+](C)(C)C)c1.[Cl-]. The van der Waals surface area contributed by atoms with E-state index in [1.165, 1.54) is 0 Å². The quantitative estimate of drug-likeness (QED) is 0.526. The summed E-state index contributed by atoms with van der Waals surface area (Å²) in [7, 11) is 6.26. The van der Waals surface area contributed by atoms with Crippen LogP contribution in [0.15, 0.2) is 63.6 Å². The minimum atomic E-state index is -0.287. The average Bonchev–Trinajstić information content (AvgIpc) is 2.93. The molecule has 0 fully saturated rings. The number of azo groups is 1. The second kappa shape index (κ2) is 7.68. The van der Waals surface area contributed by atoms with Crippen molar-refractivity contribution in [2.45, 2.75) is 6.92 Å². The highest BCUT2D eigenvalue weighted by Gasteiger charge is 2.14. The van der Waals surface area contributed by atoms with Gasteiger partial charge in [0.1, 0.15) is 5.69 Å². The van der Waals surface area contributed by atoms with Gasteiger partial charge in [0.25, 0.3) is 5.56 Å². The van der Waals surface area contributed by atoms with Gasteiger partial charge in [0.05, 0.1) is 32.5 Å². The summed E-state index contributed by atoms with van der Waals surface area (Å²) in [5.74, 6) is 0. The Labute approximate surface area is 158 Å². The molecule has 0 bridgehead atoms. The molecule has 0 spiro atoms. The lowest BCUT2D eigenvalue weighted by Crippen LogP contribution is -3.00. The van der Waals surface area contributed by atoms with Gasteiger partial charge in [0, 0.05) is 11.6 Å². The van der Waals surface area contributed by atoms with Crippen LogP contribution in [0.4, 0.5) is 17.1 Å². The first-order chi connectivity index (χ1) is 11.9. The summed E-state index contributed by atoms with van der Waals surface area (Å²) in [5.41, 5.74) is 4.45. The maximum absolute atomic E-state index is 12.1. The van der Waals surface area contributed by atoms with Crippen molar-refractivity contribution in [2.24, 2.45) is 10.2 Å². The molecule has 1 heterocycles. The zero-order valence-electron chi connectivity index (χ0n) is 15.2. The molecular weight excluding hydrogens is 350 g/mol. The third-order valence-corrected chi connectivity index (χ3v) is 4.04. The maximum atomic E-state index is 12.1. The Morgan fingerprint density at radius 3 is 2.35 bits per heavy atom. The Morgan fingerprint density at radius 1 is 0.923 bits per heavy atom. The number of hydrogen-bond acceptors (Lipinski definition) is 3. The van der Waals surface area contributed by atoms with E-state index in [1.807, 2.05) is 55.5 Å². The van der Waals surface area contributed by atoms with E-state index in [0.29, 0.717) is 15.9 Å². The largest absolute Gasteiger partial charge is 1.00 e. The highest BCUT2D eigenvalue weighted by atomic mass is 35.5. The summed E-state index contributed by atoms with van der Waals surface area (Å²) < 4.78 is 0.683. The molecule has 0 saturated heterocycles. The van der Waals surface area contributed by atoms with Gasteiger partial charge in [-0.25, -0.2) is 0 Å². The molecule has 0 aliphatic rings. The van der Waals surface area contributed by atoms with Crippen molar-refractivity contribution >= 4 is 17.1 Å². The molecule has 0 aliphatic carbocycles. The minimum Gasteiger partial charge on any atom is -1.00 e. The monoisotopic (exact) mass is 371 g/mol. The van der Waals surface area contributed by atoms with E-state index in [-0.39, 0.29) is 23.7 Å². The second-order valence-corrected chi connectivity index (χ2v) is 6.85. The predicted molar refractivity (Wildman–Crippen MR) is 102 cm³/mol. The van der Waals surface area contributed by atoms with Gasteiger partial charge in [0.2, 0.25) is 0 Å². The fourth-order valence-electron chi connectivity index (χ4n) is 2.58. The highest BCUT2D eigenvalue weighted by molar-refractivity contribution is 5.73. The number of halogens is 1. The van der Waals surface area contributed by atoms with Gasteiger partial charge < -0.3 is 12.4 Å². The van der Waals surface area contributed by atoms with Crippen LogP contribution in [0.1, 0.15) is 5.56 Å². The highest BCUT2D eigenvalue weighted by Crippen LogP contribution is 2.29. The fourth-order valence-corrected chi connectivity index (χ4v) is 2.58. The molecule has 136 valence electrons. The van der Waals surface area contributed by atoms with Gasteiger partial charge in [-0.2, -0.15) is 5.11 Å². The number of quaternary nitrogens is 1. The van der Waals surface area contributed by atoms with E-state index < -0.39 is 0 Å². The summed E-state index contributed by atoms with van der Waals surface area (Å²) in [6.45, 7) is 1.99. The number of aromatic amines is 2. The number of nitrogens with one attached hydrogen (secondary N) is 2. The van der Waals surface area contributed by atoms with Crippen LogP contribution in [0.2, 0.25) is 0 Å². The van der Waals surface area contributed by atoms with Gasteiger partial charge in [-0.3, -0.25) is 19.5 Å². The topological polar surface area (TPSA) is 73.4 Å². The molecular formula is C19H22ClN5O. The van der Waals surface area contributed by atoms with E-state index in [1.54, 1.807) is 0 Å². The molecule has 2 aromatic carbocycles. The molecule has 0 atom stereocenters. The lowest BCUT2D eigenvalue weighted by molar-refractivity contribution is -0.00000555. The van der Waals surface area contributed by atoms with Crippen LogP contribution in [0.5, 0.6) is 0 Å². The number of aromatic nitrogens is 2. The number of nitrogens with zero attached hydrogens (tertiary/aromatic N) is 3. The molecule has 0 aliphatic heterocycles. The zero-order valence-corrected chi connectivity index (χ0v) is 16.0. The van der Waals surface area contributed by atoms with Crippen molar-refractivity contribution in [1.29, 1.82) is 0 Å². The summed E-state index contributed by atoms with van der Waals surface area (Å²) in [5, 5.41) is 14.0. The Morgan fingerprint density at radius 2 is 1.65 bits per heavy atom. The fraction of sp³-hybridized carbons (Fsp3) is 0.211. The smallest absolute Gasteiger partial charge is 0.292 e. The molecule has 7 heteroatoms. The number of hydrogen-bond donors (Lipinski definition) is 2. The van der Waals surface area contributed by atoms with Crippen LogP contribution in [0, 0.1) is 6.92 Å². The number of rotatable bonds is 4. The average molecular weight is 372 g/mol. The Bertz CT molecular complexity index is 982. The third-order valence-electron chi connectivity index (χ3n) is 4.04. The summed E-state index contributed by atoms with van der Waals surface area (Å²) in [4.78, 5) is 12.1. The van der Waals surface area contributed by atoms with Crippen LogP contribution in [-0.2, 0) is 0 Å². The van der Waals surface area contributed by atoms with Crippen molar-refractivity contribution in [3.05, 3.63) is 64.4 Å². The maximum Gasteiger partial charge on any atom is 0.292 e. The van der Waals surface area contributed by atoms with Crippen molar-refractivity contribution in [1.82, 2.24) is 14.7 Å². The Hall–Kier alpha value is -2.70. The van der Waals surface area contributed by atoms with E-state index in [4.69, 9.17) is 0 Å². The van der Waals surface area contributed by atoms with Gasteiger partial charge in [-0.05, 0) is 24.6 Å². The summed E-state index contributed by atoms with van der Waals surface area (Å²) >= 11 is 0. The molecule has 0 radical (unpaired) electrons. The number of aryl methyl sites for hydroxylation is 1. The first kappa shape index (κ1) is 19.6. The molecule has 2 N–H and O–H groups in total. The summed E-state index contributed by atoms with van der Waals surface area (Å²) in [6, 6.07) is 15.7. The summed E-state index contributed by atoms with van der Waals surface area (Å²) in [6.07, 6.45) is 0. The molecule has 0 saturated carbocycles. The third kappa shape index (κ3) is 4.09. The number of benzene rings is 2. The second-order valence-electron chi connectivity index (χ2n) is 6.85. The van der Waals surface area contributed by atoms with Crippen LogP contribution in [0.25, 0.3) is 11.3 Å². The van der Waals surface area contributed by atoms with Crippen molar-refractivity contribution in [2.75, 3.05) is 21.1 Å². The first-order valence-corrected chi connectivity index (χ1v) is 8.07. The lowest BCUT2D eigenvalue weighted by atomic mass is 10.1.